The zero-order chi connectivity index (χ0) is 15.1. The number of aromatic carboxylic acids is 1. The maximum absolute atomic E-state index is 11.0. The monoisotopic (exact) mass is 307 g/mol. The van der Waals surface area contributed by atoms with Crippen LogP contribution in [0, 0.1) is 0 Å². The molecular formula is C13H13N3O4S. The molecule has 21 heavy (non-hydrogen) atoms. The molecule has 1 aromatic carbocycles. The number of carboxylic acids is 1. The molecule has 2 rings (SSSR count). The fourth-order valence-corrected chi connectivity index (χ4v) is 2.21. The Bertz CT molecular complexity index is 657. The van der Waals surface area contributed by atoms with Gasteiger partial charge < -0.3 is 9.84 Å². The lowest BCUT2D eigenvalue weighted by atomic mass is 10.2. The predicted molar refractivity (Wildman–Crippen MR) is 76.9 cm³/mol. The average Bonchev–Trinajstić information content (AvgIpc) is 2.47. The van der Waals surface area contributed by atoms with Crippen LogP contribution in [0.5, 0.6) is 5.75 Å². The first kappa shape index (κ1) is 15.0. The summed E-state index contributed by atoms with van der Waals surface area (Å²) in [7, 11) is 0. The van der Waals surface area contributed by atoms with Crippen molar-refractivity contribution in [3.63, 3.8) is 0 Å². The number of carboxylic acid groups (broad SMARTS) is 1. The Balaban J connectivity index is 1.70. The predicted octanol–water partition coefficient (Wildman–Crippen LogP) is 1.42. The van der Waals surface area contributed by atoms with Crippen LogP contribution in [0.4, 0.5) is 0 Å². The molecule has 0 unspecified atom stereocenters. The first-order valence-electron chi connectivity index (χ1n) is 6.16. The van der Waals surface area contributed by atoms with Crippen molar-refractivity contribution in [1.82, 2.24) is 15.2 Å². The molecule has 0 aliphatic carbocycles. The largest absolute Gasteiger partial charge is 0.494 e. The van der Waals surface area contributed by atoms with Gasteiger partial charge in [0.1, 0.15) is 11.9 Å². The Morgan fingerprint density at radius 3 is 2.76 bits per heavy atom. The van der Waals surface area contributed by atoms with Crippen LogP contribution in [0.2, 0.25) is 0 Å². The standard InChI is InChI=1S/C13H13N3O4S/c17-11-8-14-16-13(15-11)21-7-1-6-20-10-4-2-9(3-5-10)12(18)19/h2-5,8H,1,6-7H2,(H,18,19)(H,15,16,17). The molecule has 0 saturated heterocycles. The van der Waals surface area contributed by atoms with Crippen molar-refractivity contribution < 1.29 is 14.6 Å². The number of carbonyl (C=O) groups is 1. The van der Waals surface area contributed by atoms with Crippen molar-refractivity contribution >= 4 is 17.7 Å². The highest BCUT2D eigenvalue weighted by Gasteiger charge is 2.02. The van der Waals surface area contributed by atoms with Crippen LogP contribution in [0.25, 0.3) is 0 Å². The number of H-pyrrole nitrogens is 1. The highest BCUT2D eigenvalue weighted by molar-refractivity contribution is 7.99. The number of ether oxygens (including phenoxy) is 1. The number of hydrogen-bond acceptors (Lipinski definition) is 6. The lowest BCUT2D eigenvalue weighted by Gasteiger charge is -2.05. The van der Waals surface area contributed by atoms with Crippen LogP contribution in [0.3, 0.4) is 0 Å². The molecule has 2 N–H and O–H groups in total. The van der Waals surface area contributed by atoms with Gasteiger partial charge in [0.05, 0.1) is 12.2 Å². The van der Waals surface area contributed by atoms with Gasteiger partial charge in [0.15, 0.2) is 5.16 Å². The molecule has 0 aliphatic rings. The third-order valence-corrected chi connectivity index (χ3v) is 3.40. The molecule has 0 spiro atoms. The molecule has 0 atom stereocenters. The fourth-order valence-electron chi connectivity index (χ4n) is 1.47. The molecule has 1 heterocycles. The number of nitrogens with one attached hydrogen (secondary N) is 1. The molecular weight excluding hydrogens is 294 g/mol. The number of hydrogen-bond donors (Lipinski definition) is 2. The van der Waals surface area contributed by atoms with E-state index in [2.05, 4.69) is 15.2 Å². The van der Waals surface area contributed by atoms with Crippen LogP contribution >= 0.6 is 11.8 Å². The molecule has 2 aromatic rings. The summed E-state index contributed by atoms with van der Waals surface area (Å²) in [6, 6.07) is 6.24. The van der Waals surface area contributed by atoms with E-state index in [0.717, 1.165) is 18.4 Å². The third-order valence-electron chi connectivity index (χ3n) is 2.45. The molecule has 1 aromatic heterocycles. The van der Waals surface area contributed by atoms with Crippen molar-refractivity contribution in [3.05, 3.63) is 46.4 Å². The van der Waals surface area contributed by atoms with Crippen molar-refractivity contribution in [2.24, 2.45) is 0 Å². The first-order valence-corrected chi connectivity index (χ1v) is 7.14. The number of rotatable bonds is 7. The van der Waals surface area contributed by atoms with Gasteiger partial charge in [-0.1, -0.05) is 11.8 Å². The number of thioether (sulfide) groups is 1. The highest BCUT2D eigenvalue weighted by Crippen LogP contribution is 2.14. The Labute approximate surface area is 124 Å². The van der Waals surface area contributed by atoms with E-state index in [1.54, 1.807) is 12.1 Å². The second-order valence-corrected chi connectivity index (χ2v) is 5.10. The second-order valence-electron chi connectivity index (χ2n) is 4.02. The van der Waals surface area contributed by atoms with Gasteiger partial charge in [-0.15, -0.1) is 5.10 Å². The number of aromatic nitrogens is 3. The summed E-state index contributed by atoms with van der Waals surface area (Å²) in [5.74, 6) is 0.385. The van der Waals surface area contributed by atoms with Crippen molar-refractivity contribution in [1.29, 1.82) is 0 Å². The number of aromatic amines is 1. The maximum atomic E-state index is 11.0. The van der Waals surface area contributed by atoms with Gasteiger partial charge in [0.25, 0.3) is 5.56 Å². The zero-order valence-corrected chi connectivity index (χ0v) is 11.8. The Hall–Kier alpha value is -2.35. The summed E-state index contributed by atoms with van der Waals surface area (Å²) in [5.41, 5.74) is -0.0493. The van der Waals surface area contributed by atoms with Crippen LogP contribution < -0.4 is 10.3 Å². The molecule has 0 amide bonds. The van der Waals surface area contributed by atoms with Gasteiger partial charge in [-0.3, -0.25) is 9.78 Å². The van der Waals surface area contributed by atoms with E-state index in [4.69, 9.17) is 9.84 Å². The van der Waals surface area contributed by atoms with Crippen LogP contribution in [0.15, 0.2) is 40.4 Å². The van der Waals surface area contributed by atoms with E-state index in [1.165, 1.54) is 23.9 Å². The molecule has 0 radical (unpaired) electrons. The summed E-state index contributed by atoms with van der Waals surface area (Å²) in [6.45, 7) is 0.490. The minimum Gasteiger partial charge on any atom is -0.494 e. The van der Waals surface area contributed by atoms with Gasteiger partial charge in [0.2, 0.25) is 0 Å². The first-order chi connectivity index (χ1) is 10.1. The van der Waals surface area contributed by atoms with E-state index in [1.807, 2.05) is 0 Å². The quantitative estimate of drug-likeness (QED) is 0.588. The third kappa shape index (κ3) is 4.92. The molecule has 8 heteroatoms. The summed E-state index contributed by atoms with van der Waals surface area (Å²) >= 11 is 1.39. The smallest absolute Gasteiger partial charge is 0.335 e. The van der Waals surface area contributed by atoms with Crippen molar-refractivity contribution in [2.45, 2.75) is 11.6 Å². The van der Waals surface area contributed by atoms with Gasteiger partial charge in [0, 0.05) is 5.75 Å². The second kappa shape index (κ2) is 7.44. The van der Waals surface area contributed by atoms with Crippen molar-refractivity contribution in [2.75, 3.05) is 12.4 Å². The van der Waals surface area contributed by atoms with Crippen LogP contribution in [0.1, 0.15) is 16.8 Å². The molecule has 0 fully saturated rings. The fraction of sp³-hybridized carbons (Fsp3) is 0.231. The van der Waals surface area contributed by atoms with Gasteiger partial charge in [-0.2, -0.15) is 5.10 Å². The lowest BCUT2D eigenvalue weighted by Crippen LogP contribution is -2.08. The molecule has 0 bridgehead atoms. The Morgan fingerprint density at radius 1 is 1.33 bits per heavy atom. The topological polar surface area (TPSA) is 105 Å². The van der Waals surface area contributed by atoms with E-state index < -0.39 is 5.97 Å². The minimum absolute atomic E-state index is 0.226. The van der Waals surface area contributed by atoms with Crippen LogP contribution in [-0.4, -0.2) is 38.6 Å². The Kier molecular flexibility index (Phi) is 5.33. The molecule has 0 saturated carbocycles. The lowest BCUT2D eigenvalue weighted by molar-refractivity contribution is 0.0697. The van der Waals surface area contributed by atoms with Gasteiger partial charge >= 0.3 is 5.97 Å². The summed E-state index contributed by atoms with van der Waals surface area (Å²) in [5, 5.41) is 16.6. The summed E-state index contributed by atoms with van der Waals surface area (Å²) in [4.78, 5) is 24.3. The summed E-state index contributed by atoms with van der Waals surface area (Å²) in [6.07, 6.45) is 1.87. The van der Waals surface area contributed by atoms with Crippen molar-refractivity contribution in [3.8, 4) is 5.75 Å². The highest BCUT2D eigenvalue weighted by atomic mass is 32.2. The van der Waals surface area contributed by atoms with E-state index in [9.17, 15) is 9.59 Å². The minimum atomic E-state index is -0.962. The number of nitrogens with zero attached hydrogens (tertiary/aromatic N) is 2. The Morgan fingerprint density at radius 2 is 2.10 bits per heavy atom. The van der Waals surface area contributed by atoms with E-state index >= 15 is 0 Å². The van der Waals surface area contributed by atoms with Gasteiger partial charge in [-0.25, -0.2) is 4.79 Å². The SMILES string of the molecule is O=C(O)c1ccc(OCCCSc2nncc(=O)[nH]2)cc1. The average molecular weight is 307 g/mol. The summed E-state index contributed by atoms with van der Waals surface area (Å²) < 4.78 is 5.49. The van der Waals surface area contributed by atoms with Gasteiger partial charge in [-0.05, 0) is 30.7 Å². The van der Waals surface area contributed by atoms with E-state index in [0.29, 0.717) is 17.5 Å². The molecule has 110 valence electrons. The van der Waals surface area contributed by atoms with Crippen LogP contribution in [-0.2, 0) is 0 Å². The molecule has 7 nitrogen and oxygen atoms in total. The van der Waals surface area contributed by atoms with E-state index in [-0.39, 0.29) is 11.1 Å². The zero-order valence-electron chi connectivity index (χ0n) is 11.0. The molecule has 0 aliphatic heterocycles. The number of benzene rings is 1. The maximum Gasteiger partial charge on any atom is 0.335 e. The normalized spacial score (nSPS) is 10.3.